The number of carbonyl (C=O) groups is 2. The van der Waals surface area contributed by atoms with Crippen LogP contribution in [0.3, 0.4) is 0 Å². The number of halogens is 3. The highest BCUT2D eigenvalue weighted by Crippen LogP contribution is 2.40. The number of fused-ring (bicyclic) bond motifs is 1. The number of β-lactam (4-membered cyclic amide) rings is 1. The molecule has 0 aromatic carbocycles. The molecule has 3 N–H and O–H groups in total. The highest BCUT2D eigenvalue weighted by Gasteiger charge is 2.51. The Bertz CT molecular complexity index is 462. The van der Waals surface area contributed by atoms with Gasteiger partial charge in [-0.1, -0.05) is 23.2 Å². The molecule has 0 radical (unpaired) electrons. The molecule has 0 spiro atoms. The molecule has 18 heavy (non-hydrogen) atoms. The van der Waals surface area contributed by atoms with Crippen LogP contribution in [0.2, 0.25) is 0 Å². The predicted molar refractivity (Wildman–Crippen MR) is 72.8 cm³/mol. The van der Waals surface area contributed by atoms with Gasteiger partial charge in [0, 0.05) is 5.75 Å². The van der Waals surface area contributed by atoms with Gasteiger partial charge in [-0.2, -0.15) is 0 Å². The lowest BCUT2D eigenvalue weighted by molar-refractivity contribution is -0.147. The summed E-state index contributed by atoms with van der Waals surface area (Å²) in [7, 11) is 0. The number of nitrogens with zero attached hydrogens (tertiary/aromatic N) is 1. The Morgan fingerprint density at radius 2 is 2.17 bits per heavy atom. The third-order valence-corrected chi connectivity index (χ3v) is 4.07. The Morgan fingerprint density at radius 1 is 1.56 bits per heavy atom. The lowest BCUT2D eigenvalue weighted by atomic mass is 10.0. The third kappa shape index (κ3) is 2.48. The summed E-state index contributed by atoms with van der Waals surface area (Å²) in [5.74, 6) is -1.17. The second-order valence-corrected chi connectivity index (χ2v) is 5.66. The van der Waals surface area contributed by atoms with Gasteiger partial charge in [0.15, 0.2) is 0 Å². The Morgan fingerprint density at radius 3 is 2.67 bits per heavy atom. The monoisotopic (exact) mass is 330 g/mol. The van der Waals surface area contributed by atoms with Crippen LogP contribution in [-0.2, 0) is 9.59 Å². The van der Waals surface area contributed by atoms with Crippen molar-refractivity contribution in [2.24, 2.45) is 5.73 Å². The molecule has 2 atom stereocenters. The first-order chi connectivity index (χ1) is 7.93. The van der Waals surface area contributed by atoms with Crippen molar-refractivity contribution in [1.82, 2.24) is 4.90 Å². The second-order valence-electron chi connectivity index (χ2n) is 3.55. The second kappa shape index (κ2) is 5.71. The molecule has 1 unspecified atom stereocenters. The average molecular weight is 332 g/mol. The Hall–Kier alpha value is -0.400. The van der Waals surface area contributed by atoms with Gasteiger partial charge in [0.2, 0.25) is 5.91 Å². The summed E-state index contributed by atoms with van der Waals surface area (Å²) in [4.78, 5) is 23.9. The van der Waals surface area contributed by atoms with E-state index in [2.05, 4.69) is 0 Å². The summed E-state index contributed by atoms with van der Waals surface area (Å²) in [6, 6.07) is -0.633. The molecule has 0 aromatic heterocycles. The van der Waals surface area contributed by atoms with Gasteiger partial charge in [0.1, 0.15) is 21.6 Å². The van der Waals surface area contributed by atoms with E-state index in [0.29, 0.717) is 11.3 Å². The highest BCUT2D eigenvalue weighted by atomic mass is 35.5. The van der Waals surface area contributed by atoms with Gasteiger partial charge in [0.25, 0.3) is 0 Å². The summed E-state index contributed by atoms with van der Waals surface area (Å²) in [5.41, 5.74) is 5.92. The molecule has 1 saturated heterocycles. The molecule has 9 heteroatoms. The van der Waals surface area contributed by atoms with Gasteiger partial charge in [-0.05, 0) is 11.6 Å². The van der Waals surface area contributed by atoms with E-state index in [1.54, 1.807) is 0 Å². The number of carbonyl (C=O) groups excluding carboxylic acids is 1. The normalized spacial score (nSPS) is 25.9. The molecule has 1 amide bonds. The quantitative estimate of drug-likeness (QED) is 0.745. The number of rotatable bonds is 2. The predicted octanol–water partition coefficient (Wildman–Crippen LogP) is 1.31. The van der Waals surface area contributed by atoms with Gasteiger partial charge in [-0.3, -0.25) is 9.69 Å². The third-order valence-electron chi connectivity index (χ3n) is 2.52. The smallest absolute Gasteiger partial charge is 0.352 e. The molecule has 0 aromatic rings. The summed E-state index contributed by atoms with van der Waals surface area (Å²) in [6.07, 6.45) is 1.34. The van der Waals surface area contributed by atoms with Gasteiger partial charge < -0.3 is 10.8 Å². The molecule has 0 bridgehead atoms. The molecule has 0 saturated carbocycles. The zero-order chi connectivity index (χ0) is 12.7. The number of carboxylic acid groups (broad SMARTS) is 1. The zero-order valence-corrected chi connectivity index (χ0v) is 11.9. The number of hydrogen-bond acceptors (Lipinski definition) is 4. The largest absolute Gasteiger partial charge is 0.477 e. The topological polar surface area (TPSA) is 83.6 Å². The Balaban J connectivity index is 0.00000162. The summed E-state index contributed by atoms with van der Waals surface area (Å²) >= 11 is 12.4. The number of carboxylic acids is 1. The molecule has 2 heterocycles. The van der Waals surface area contributed by atoms with Crippen LogP contribution in [0.4, 0.5) is 0 Å². The van der Waals surface area contributed by atoms with Crippen LogP contribution < -0.4 is 5.73 Å². The van der Waals surface area contributed by atoms with Crippen LogP contribution in [0.25, 0.3) is 0 Å². The lowest BCUT2D eigenvalue weighted by Crippen LogP contribution is -2.68. The van der Waals surface area contributed by atoms with Gasteiger partial charge in [-0.15, -0.1) is 24.2 Å². The molecule has 2 aliphatic rings. The fourth-order valence-corrected chi connectivity index (χ4v) is 3.30. The van der Waals surface area contributed by atoms with Crippen molar-refractivity contribution in [2.75, 3.05) is 5.75 Å². The maximum absolute atomic E-state index is 11.5. The first-order valence-electron chi connectivity index (χ1n) is 4.63. The van der Waals surface area contributed by atoms with Crippen molar-refractivity contribution < 1.29 is 14.7 Å². The van der Waals surface area contributed by atoms with E-state index >= 15 is 0 Å². The van der Waals surface area contributed by atoms with Gasteiger partial charge in [0.05, 0.1) is 0 Å². The number of thioether (sulfide) groups is 1. The number of amides is 1. The minimum Gasteiger partial charge on any atom is -0.477 e. The fourth-order valence-electron chi connectivity index (χ4n) is 1.78. The highest BCUT2D eigenvalue weighted by molar-refractivity contribution is 8.00. The molecule has 0 aliphatic carbocycles. The first-order valence-corrected chi connectivity index (χ1v) is 6.43. The van der Waals surface area contributed by atoms with Crippen LogP contribution in [0.1, 0.15) is 0 Å². The minimum absolute atomic E-state index is 0. The SMILES string of the molecule is Cl.NC1C(=O)N2C(C(=O)O)=C(C=C(Cl)Cl)CS[C@H]12. The van der Waals surface area contributed by atoms with Crippen molar-refractivity contribution >= 4 is 59.2 Å². The standard InChI is InChI=1S/C9H8Cl2N2O3S.ClH/c10-4(11)1-3-2-17-8-5(12)7(14)13(8)6(3)9(15)16;/h1,5,8H,2,12H2,(H,15,16);1H/t5?,8-;/m1./s1. The molecule has 2 aliphatic heterocycles. The molecular formula is C9H9Cl3N2O3S. The van der Waals surface area contributed by atoms with E-state index in [1.807, 2.05) is 0 Å². The van der Waals surface area contributed by atoms with Gasteiger partial charge in [-0.25, -0.2) is 4.79 Å². The fraction of sp³-hybridized carbons (Fsp3) is 0.333. The van der Waals surface area contributed by atoms with E-state index in [-0.39, 0.29) is 28.0 Å². The van der Waals surface area contributed by atoms with Crippen molar-refractivity contribution in [3.63, 3.8) is 0 Å². The van der Waals surface area contributed by atoms with Crippen molar-refractivity contribution in [3.05, 3.63) is 21.8 Å². The van der Waals surface area contributed by atoms with Crippen molar-refractivity contribution in [1.29, 1.82) is 0 Å². The maximum atomic E-state index is 11.5. The Labute approximate surface area is 123 Å². The molecule has 2 rings (SSSR count). The molecule has 100 valence electrons. The van der Waals surface area contributed by atoms with E-state index in [0.717, 1.165) is 0 Å². The van der Waals surface area contributed by atoms with Crippen molar-refractivity contribution in [2.45, 2.75) is 11.4 Å². The number of aliphatic carboxylic acids is 1. The molecule has 5 nitrogen and oxygen atoms in total. The molecular weight excluding hydrogens is 323 g/mol. The van der Waals surface area contributed by atoms with Crippen LogP contribution in [0, 0.1) is 0 Å². The van der Waals surface area contributed by atoms with Crippen LogP contribution >= 0.6 is 47.4 Å². The average Bonchev–Trinajstić information content (AvgIpc) is 2.26. The van der Waals surface area contributed by atoms with Gasteiger partial charge >= 0.3 is 5.97 Å². The Kier molecular flexibility index (Phi) is 4.97. The van der Waals surface area contributed by atoms with Crippen LogP contribution in [-0.4, -0.2) is 39.1 Å². The summed E-state index contributed by atoms with van der Waals surface area (Å²) in [6.45, 7) is 0. The lowest BCUT2D eigenvalue weighted by Gasteiger charge is -2.47. The minimum atomic E-state index is -1.18. The molecule has 1 fully saturated rings. The first kappa shape index (κ1) is 15.7. The number of allylic oxidation sites excluding steroid dienone is 1. The van der Waals surface area contributed by atoms with Crippen LogP contribution in [0.5, 0.6) is 0 Å². The maximum Gasteiger partial charge on any atom is 0.352 e. The van der Waals surface area contributed by atoms with Crippen molar-refractivity contribution in [3.8, 4) is 0 Å². The summed E-state index contributed by atoms with van der Waals surface area (Å²) < 4.78 is -0.0462. The zero-order valence-electron chi connectivity index (χ0n) is 8.80. The van der Waals surface area contributed by atoms with E-state index in [9.17, 15) is 9.59 Å². The van der Waals surface area contributed by atoms with Crippen LogP contribution in [0.15, 0.2) is 21.8 Å². The number of hydrogen-bond donors (Lipinski definition) is 2. The summed E-state index contributed by atoms with van der Waals surface area (Å²) in [5, 5.41) is 8.82. The number of nitrogens with two attached hydrogens (primary N) is 1. The van der Waals surface area contributed by atoms with E-state index < -0.39 is 17.9 Å². The van der Waals surface area contributed by atoms with E-state index in [1.165, 1.54) is 22.7 Å². The van der Waals surface area contributed by atoms with E-state index in [4.69, 9.17) is 34.0 Å².